The summed E-state index contributed by atoms with van der Waals surface area (Å²) in [5.74, 6) is 0.928. The van der Waals surface area contributed by atoms with Gasteiger partial charge in [0.05, 0.1) is 5.69 Å². The first-order chi connectivity index (χ1) is 13.2. The van der Waals surface area contributed by atoms with Crippen molar-refractivity contribution in [2.75, 3.05) is 23.3 Å². The van der Waals surface area contributed by atoms with Crippen LogP contribution >= 0.6 is 0 Å². The van der Waals surface area contributed by atoms with E-state index in [4.69, 9.17) is 4.52 Å². The van der Waals surface area contributed by atoms with E-state index in [9.17, 15) is 9.90 Å². The summed E-state index contributed by atoms with van der Waals surface area (Å²) in [6.45, 7) is 1.35. The van der Waals surface area contributed by atoms with Crippen LogP contribution in [0.2, 0.25) is 0 Å². The van der Waals surface area contributed by atoms with Crippen molar-refractivity contribution in [3.63, 3.8) is 0 Å². The van der Waals surface area contributed by atoms with Crippen molar-refractivity contribution in [2.45, 2.75) is 12.8 Å². The van der Waals surface area contributed by atoms with Gasteiger partial charge >= 0.3 is 0 Å². The number of nitrogens with one attached hydrogen (secondary N) is 1. The van der Waals surface area contributed by atoms with E-state index in [0.29, 0.717) is 43.5 Å². The van der Waals surface area contributed by atoms with Crippen LogP contribution < -0.4 is 10.2 Å². The number of phenols is 1. The van der Waals surface area contributed by atoms with Crippen LogP contribution in [0.25, 0.3) is 11.5 Å². The molecule has 1 saturated heterocycles. The number of carbonyl (C=O) groups excluding carboxylic acids is 1. The van der Waals surface area contributed by atoms with Crippen molar-refractivity contribution in [3.05, 3.63) is 54.6 Å². The fourth-order valence-electron chi connectivity index (χ4n) is 3.20. The highest BCUT2D eigenvalue weighted by atomic mass is 16.5. The van der Waals surface area contributed by atoms with Crippen LogP contribution in [-0.4, -0.2) is 34.2 Å². The Labute approximate surface area is 156 Å². The zero-order valence-electron chi connectivity index (χ0n) is 14.7. The lowest BCUT2D eigenvalue weighted by atomic mass is 9.96. The van der Waals surface area contributed by atoms with Gasteiger partial charge in [-0.25, -0.2) is 0 Å². The average Bonchev–Trinajstić information content (AvgIpc) is 3.21. The molecule has 2 aromatic carbocycles. The highest BCUT2D eigenvalue weighted by molar-refractivity contribution is 5.94. The van der Waals surface area contributed by atoms with E-state index in [1.165, 1.54) is 0 Å². The van der Waals surface area contributed by atoms with Crippen molar-refractivity contribution in [2.24, 2.45) is 5.92 Å². The van der Waals surface area contributed by atoms with Crippen LogP contribution in [0.3, 0.4) is 0 Å². The quantitative estimate of drug-likeness (QED) is 0.690. The zero-order chi connectivity index (χ0) is 18.6. The third-order valence-corrected chi connectivity index (χ3v) is 4.75. The molecule has 7 nitrogen and oxygen atoms in total. The van der Waals surface area contributed by atoms with Crippen molar-refractivity contribution in [1.82, 2.24) is 10.1 Å². The maximum Gasteiger partial charge on any atom is 0.266 e. The molecule has 1 fully saturated rings. The normalized spacial score (nSPS) is 14.9. The Bertz CT molecular complexity index is 918. The number of hydrogen-bond donors (Lipinski definition) is 2. The number of carbonyl (C=O) groups is 1. The molecule has 0 aliphatic carbocycles. The first kappa shape index (κ1) is 17.1. The predicted molar refractivity (Wildman–Crippen MR) is 101 cm³/mol. The molecule has 27 heavy (non-hydrogen) atoms. The SMILES string of the molecule is O=C(Nc1ccccc1O)C1CCN(c2noc(-c3ccccc3)n2)CC1. The van der Waals surface area contributed by atoms with E-state index in [0.717, 1.165) is 5.56 Å². The summed E-state index contributed by atoms with van der Waals surface area (Å²) in [5.41, 5.74) is 1.32. The zero-order valence-corrected chi connectivity index (χ0v) is 14.7. The van der Waals surface area contributed by atoms with Crippen LogP contribution in [0.1, 0.15) is 12.8 Å². The number of piperidine rings is 1. The number of aromatic hydroxyl groups is 1. The molecule has 1 aliphatic heterocycles. The summed E-state index contributed by atoms with van der Waals surface area (Å²) in [5, 5.41) is 16.7. The molecule has 0 spiro atoms. The summed E-state index contributed by atoms with van der Waals surface area (Å²) >= 11 is 0. The van der Waals surface area contributed by atoms with Crippen molar-refractivity contribution in [1.29, 1.82) is 0 Å². The number of anilines is 2. The minimum Gasteiger partial charge on any atom is -0.506 e. The van der Waals surface area contributed by atoms with Gasteiger partial charge in [0.25, 0.3) is 11.8 Å². The van der Waals surface area contributed by atoms with Gasteiger partial charge in [-0.05, 0) is 42.3 Å². The van der Waals surface area contributed by atoms with Gasteiger partial charge in [0.15, 0.2) is 0 Å². The maximum atomic E-state index is 12.5. The summed E-state index contributed by atoms with van der Waals surface area (Å²) in [7, 11) is 0. The Hall–Kier alpha value is -3.35. The monoisotopic (exact) mass is 364 g/mol. The largest absolute Gasteiger partial charge is 0.506 e. The molecule has 1 aromatic heterocycles. The van der Waals surface area contributed by atoms with E-state index in [-0.39, 0.29) is 17.6 Å². The molecular formula is C20H20N4O3. The van der Waals surface area contributed by atoms with Crippen molar-refractivity contribution < 1.29 is 14.4 Å². The minimum atomic E-state index is -0.110. The number of nitrogens with zero attached hydrogens (tertiary/aromatic N) is 3. The number of hydrogen-bond acceptors (Lipinski definition) is 6. The lowest BCUT2D eigenvalue weighted by Gasteiger charge is -2.30. The summed E-state index contributed by atoms with van der Waals surface area (Å²) < 4.78 is 5.36. The number of benzene rings is 2. The number of amides is 1. The molecule has 4 rings (SSSR count). The van der Waals surface area contributed by atoms with Gasteiger partial charge < -0.3 is 19.8 Å². The third-order valence-electron chi connectivity index (χ3n) is 4.75. The van der Waals surface area contributed by atoms with E-state index < -0.39 is 0 Å². The Kier molecular flexibility index (Phi) is 4.74. The molecule has 2 N–H and O–H groups in total. The van der Waals surface area contributed by atoms with Gasteiger partial charge in [-0.15, -0.1) is 0 Å². The fraction of sp³-hybridized carbons (Fsp3) is 0.250. The van der Waals surface area contributed by atoms with Gasteiger partial charge in [-0.3, -0.25) is 4.79 Å². The fourth-order valence-corrected chi connectivity index (χ4v) is 3.20. The molecule has 0 unspecified atom stereocenters. The van der Waals surface area contributed by atoms with Crippen LogP contribution in [0, 0.1) is 5.92 Å². The topological polar surface area (TPSA) is 91.5 Å². The Morgan fingerprint density at radius 2 is 1.78 bits per heavy atom. The first-order valence-electron chi connectivity index (χ1n) is 8.93. The molecule has 0 bridgehead atoms. The molecule has 7 heteroatoms. The van der Waals surface area contributed by atoms with Gasteiger partial charge in [-0.1, -0.05) is 30.3 Å². The van der Waals surface area contributed by atoms with E-state index in [1.807, 2.05) is 35.2 Å². The summed E-state index contributed by atoms with van der Waals surface area (Å²) in [6.07, 6.45) is 1.38. The summed E-state index contributed by atoms with van der Waals surface area (Å²) in [4.78, 5) is 19.0. The smallest absolute Gasteiger partial charge is 0.266 e. The highest BCUT2D eigenvalue weighted by Crippen LogP contribution is 2.27. The van der Waals surface area contributed by atoms with Crippen LogP contribution in [0.4, 0.5) is 11.6 Å². The molecule has 0 radical (unpaired) electrons. The number of aromatic nitrogens is 2. The molecule has 138 valence electrons. The van der Waals surface area contributed by atoms with Gasteiger partial charge in [-0.2, -0.15) is 4.98 Å². The number of phenolic OH excluding ortho intramolecular Hbond substituents is 1. The molecule has 1 aliphatic rings. The maximum absolute atomic E-state index is 12.5. The molecule has 2 heterocycles. The van der Waals surface area contributed by atoms with Crippen molar-refractivity contribution >= 4 is 17.5 Å². The van der Waals surface area contributed by atoms with Gasteiger partial charge in [0, 0.05) is 24.6 Å². The second-order valence-corrected chi connectivity index (χ2v) is 6.53. The standard InChI is InChI=1S/C20H20N4O3/c25-17-9-5-4-8-16(17)21-18(26)14-10-12-24(13-11-14)20-22-19(27-23-20)15-6-2-1-3-7-15/h1-9,14,25H,10-13H2,(H,21,26). The second-order valence-electron chi connectivity index (χ2n) is 6.53. The summed E-state index contributed by atoms with van der Waals surface area (Å²) in [6, 6.07) is 16.4. The minimum absolute atomic E-state index is 0.0727. The molecule has 3 aromatic rings. The average molecular weight is 364 g/mol. The van der Waals surface area contributed by atoms with Crippen molar-refractivity contribution in [3.8, 4) is 17.2 Å². The molecular weight excluding hydrogens is 344 g/mol. The third kappa shape index (κ3) is 3.76. The van der Waals surface area contributed by atoms with Gasteiger partial charge in [0.1, 0.15) is 5.75 Å². The van der Waals surface area contributed by atoms with Gasteiger partial charge in [0.2, 0.25) is 5.91 Å². The van der Waals surface area contributed by atoms with Crippen LogP contribution in [0.5, 0.6) is 5.75 Å². The van der Waals surface area contributed by atoms with E-state index in [1.54, 1.807) is 24.3 Å². The first-order valence-corrected chi connectivity index (χ1v) is 8.93. The van der Waals surface area contributed by atoms with E-state index in [2.05, 4.69) is 15.5 Å². The Morgan fingerprint density at radius 1 is 1.07 bits per heavy atom. The van der Waals surface area contributed by atoms with Crippen LogP contribution in [0.15, 0.2) is 59.1 Å². The van der Waals surface area contributed by atoms with E-state index >= 15 is 0 Å². The molecule has 0 saturated carbocycles. The lowest BCUT2D eigenvalue weighted by Crippen LogP contribution is -2.38. The number of rotatable bonds is 4. The second kappa shape index (κ2) is 7.49. The predicted octanol–water partition coefficient (Wildman–Crippen LogP) is 3.30. The molecule has 1 amide bonds. The number of para-hydroxylation sites is 2. The highest BCUT2D eigenvalue weighted by Gasteiger charge is 2.27. The van der Waals surface area contributed by atoms with Crippen LogP contribution in [-0.2, 0) is 4.79 Å². The lowest BCUT2D eigenvalue weighted by molar-refractivity contribution is -0.120. The molecule has 0 atom stereocenters. The Morgan fingerprint density at radius 3 is 2.52 bits per heavy atom. The Balaban J connectivity index is 1.36.